The molecule has 156 valence electrons. The van der Waals surface area contributed by atoms with Crippen LogP contribution in [-0.4, -0.2) is 55.0 Å². The predicted molar refractivity (Wildman–Crippen MR) is 110 cm³/mol. The quantitative estimate of drug-likeness (QED) is 0.719. The summed E-state index contributed by atoms with van der Waals surface area (Å²) in [5.74, 6) is 0.0131. The van der Waals surface area contributed by atoms with E-state index in [1.165, 1.54) is 15.5 Å². The lowest BCUT2D eigenvalue weighted by atomic mass is 9.94. The van der Waals surface area contributed by atoms with Crippen molar-refractivity contribution in [1.82, 2.24) is 8.61 Å². The number of nitrogens with zero attached hydrogens (tertiary/aromatic N) is 2. The number of amides is 2. The Hall–Kier alpha value is -1.97. The number of piperidine rings is 1. The highest BCUT2D eigenvalue weighted by molar-refractivity contribution is 7.86. The van der Waals surface area contributed by atoms with Crippen LogP contribution in [0.1, 0.15) is 34.1 Å². The van der Waals surface area contributed by atoms with Crippen LogP contribution in [-0.2, 0) is 19.8 Å². The third kappa shape index (κ3) is 6.02. The maximum atomic E-state index is 13.0. The van der Waals surface area contributed by atoms with Crippen molar-refractivity contribution in [3.8, 4) is 0 Å². The first-order chi connectivity index (χ1) is 13.1. The van der Waals surface area contributed by atoms with Gasteiger partial charge in [0.15, 0.2) is 0 Å². The highest BCUT2D eigenvalue weighted by Crippen LogP contribution is 2.24. The summed E-state index contributed by atoms with van der Waals surface area (Å²) >= 11 is 0. The maximum absolute atomic E-state index is 13.0. The van der Waals surface area contributed by atoms with E-state index in [0.29, 0.717) is 36.3 Å². The van der Waals surface area contributed by atoms with Crippen LogP contribution in [0.4, 0.5) is 11.4 Å². The summed E-state index contributed by atoms with van der Waals surface area (Å²) in [6, 6.07) is 6.65. The number of benzene rings is 1. The summed E-state index contributed by atoms with van der Waals surface area (Å²) in [5, 5.41) is 5.35. The SMILES string of the molecule is CCN(CC(=O)Nc1ccc(NC(C)=O)cc1)S(=O)(=O)N1C[C@H](C)C[C@H](C)C1. The molecule has 8 nitrogen and oxygen atoms in total. The zero-order valence-corrected chi connectivity index (χ0v) is 17.8. The molecule has 2 N–H and O–H groups in total. The molecule has 1 aliphatic heterocycles. The smallest absolute Gasteiger partial charge is 0.282 e. The molecule has 0 aromatic heterocycles. The number of anilines is 2. The highest BCUT2D eigenvalue weighted by atomic mass is 32.2. The second kappa shape index (κ2) is 9.49. The van der Waals surface area contributed by atoms with E-state index in [0.717, 1.165) is 6.42 Å². The van der Waals surface area contributed by atoms with Crippen LogP contribution in [0.15, 0.2) is 24.3 Å². The molecule has 28 heavy (non-hydrogen) atoms. The third-order valence-corrected chi connectivity index (χ3v) is 6.64. The monoisotopic (exact) mass is 410 g/mol. The second-order valence-electron chi connectivity index (χ2n) is 7.50. The van der Waals surface area contributed by atoms with E-state index in [2.05, 4.69) is 10.6 Å². The average molecular weight is 411 g/mol. The molecule has 1 heterocycles. The molecule has 0 spiro atoms. The minimum Gasteiger partial charge on any atom is -0.326 e. The molecule has 0 aliphatic carbocycles. The van der Waals surface area contributed by atoms with Crippen LogP contribution < -0.4 is 10.6 Å². The van der Waals surface area contributed by atoms with Gasteiger partial charge in [0, 0.05) is 37.9 Å². The van der Waals surface area contributed by atoms with Crippen LogP contribution in [0, 0.1) is 11.8 Å². The molecule has 1 aromatic rings. The van der Waals surface area contributed by atoms with Crippen molar-refractivity contribution < 1.29 is 18.0 Å². The van der Waals surface area contributed by atoms with Gasteiger partial charge in [-0.15, -0.1) is 0 Å². The molecule has 0 bridgehead atoms. The van der Waals surface area contributed by atoms with Crippen molar-refractivity contribution in [3.05, 3.63) is 24.3 Å². The predicted octanol–water partition coefficient (Wildman–Crippen LogP) is 2.13. The Kier molecular flexibility index (Phi) is 7.56. The van der Waals surface area contributed by atoms with E-state index in [-0.39, 0.29) is 19.0 Å². The summed E-state index contributed by atoms with van der Waals surface area (Å²) in [4.78, 5) is 23.4. The van der Waals surface area contributed by atoms with Crippen molar-refractivity contribution in [2.75, 3.05) is 36.8 Å². The van der Waals surface area contributed by atoms with Gasteiger partial charge in [-0.05, 0) is 42.5 Å². The average Bonchev–Trinajstić information content (AvgIpc) is 2.60. The van der Waals surface area contributed by atoms with Gasteiger partial charge in [-0.1, -0.05) is 20.8 Å². The van der Waals surface area contributed by atoms with Crippen molar-refractivity contribution in [2.45, 2.75) is 34.1 Å². The van der Waals surface area contributed by atoms with Crippen molar-refractivity contribution in [1.29, 1.82) is 0 Å². The Labute approximate surface area is 167 Å². The van der Waals surface area contributed by atoms with Crippen molar-refractivity contribution >= 4 is 33.4 Å². The molecule has 1 saturated heterocycles. The molecule has 9 heteroatoms. The maximum Gasteiger partial charge on any atom is 0.282 e. The van der Waals surface area contributed by atoms with Gasteiger partial charge >= 0.3 is 0 Å². The van der Waals surface area contributed by atoms with Gasteiger partial charge in [0.1, 0.15) is 0 Å². The Morgan fingerprint density at radius 3 is 2.04 bits per heavy atom. The molecule has 0 saturated carbocycles. The van der Waals surface area contributed by atoms with E-state index in [1.54, 1.807) is 31.2 Å². The molecule has 2 amide bonds. The Bertz CT molecular complexity index is 785. The Morgan fingerprint density at radius 1 is 1.07 bits per heavy atom. The van der Waals surface area contributed by atoms with Crippen molar-refractivity contribution in [3.63, 3.8) is 0 Å². The van der Waals surface area contributed by atoms with Crippen LogP contribution >= 0.6 is 0 Å². The number of likely N-dealkylation sites (N-methyl/N-ethyl adjacent to an activating group) is 1. The lowest BCUT2D eigenvalue weighted by Gasteiger charge is -2.36. The largest absolute Gasteiger partial charge is 0.326 e. The molecule has 2 atom stereocenters. The van der Waals surface area contributed by atoms with E-state index in [1.807, 2.05) is 13.8 Å². The Morgan fingerprint density at radius 2 is 1.57 bits per heavy atom. The van der Waals surface area contributed by atoms with E-state index < -0.39 is 16.1 Å². The zero-order chi connectivity index (χ0) is 20.9. The normalized spacial score (nSPS) is 20.8. The highest BCUT2D eigenvalue weighted by Gasteiger charge is 2.34. The van der Waals surface area contributed by atoms with Gasteiger partial charge in [-0.25, -0.2) is 0 Å². The summed E-state index contributed by atoms with van der Waals surface area (Å²) in [7, 11) is -3.69. The number of carbonyl (C=O) groups excluding carboxylic acids is 2. The molecular weight excluding hydrogens is 380 g/mol. The van der Waals surface area contributed by atoms with E-state index in [9.17, 15) is 18.0 Å². The minimum atomic E-state index is -3.69. The molecule has 0 unspecified atom stereocenters. The first-order valence-corrected chi connectivity index (χ1v) is 10.9. The van der Waals surface area contributed by atoms with Crippen LogP contribution in [0.2, 0.25) is 0 Å². The van der Waals surface area contributed by atoms with Gasteiger partial charge < -0.3 is 10.6 Å². The van der Waals surface area contributed by atoms with Crippen LogP contribution in [0.25, 0.3) is 0 Å². The molecular formula is C19H30N4O4S. The Balaban J connectivity index is 2.01. The first-order valence-electron chi connectivity index (χ1n) is 9.54. The fraction of sp³-hybridized carbons (Fsp3) is 0.579. The van der Waals surface area contributed by atoms with Gasteiger partial charge in [0.05, 0.1) is 6.54 Å². The molecule has 1 fully saturated rings. The van der Waals surface area contributed by atoms with Crippen LogP contribution in [0.5, 0.6) is 0 Å². The summed E-state index contributed by atoms with van der Waals surface area (Å²) in [6.07, 6.45) is 1.01. The lowest BCUT2D eigenvalue weighted by molar-refractivity contribution is -0.116. The van der Waals surface area contributed by atoms with E-state index >= 15 is 0 Å². The number of hydrogen-bond acceptors (Lipinski definition) is 4. The molecule has 2 rings (SSSR count). The number of carbonyl (C=O) groups is 2. The number of rotatable bonds is 7. The van der Waals surface area contributed by atoms with Crippen LogP contribution in [0.3, 0.4) is 0 Å². The zero-order valence-electron chi connectivity index (χ0n) is 16.9. The second-order valence-corrected chi connectivity index (χ2v) is 9.43. The summed E-state index contributed by atoms with van der Waals surface area (Å²) in [6.45, 7) is 8.17. The van der Waals surface area contributed by atoms with E-state index in [4.69, 9.17) is 0 Å². The standard InChI is InChI=1S/C19H30N4O4S/c1-5-22(28(26,27)23-11-14(2)10-15(3)12-23)13-19(25)21-18-8-6-17(7-9-18)20-16(4)24/h6-9,14-15H,5,10-13H2,1-4H3,(H,20,24)(H,21,25)/t14-,15+. The van der Waals surface area contributed by atoms with Gasteiger partial charge in [0.25, 0.3) is 10.2 Å². The summed E-state index contributed by atoms with van der Waals surface area (Å²) < 4.78 is 28.6. The van der Waals surface area contributed by atoms with Gasteiger partial charge in [-0.3, -0.25) is 9.59 Å². The minimum absolute atomic E-state index is 0.179. The fourth-order valence-electron chi connectivity index (χ4n) is 3.51. The number of nitrogens with one attached hydrogen (secondary N) is 2. The molecule has 0 radical (unpaired) electrons. The lowest BCUT2D eigenvalue weighted by Crippen LogP contribution is -2.51. The van der Waals surface area contributed by atoms with Crippen molar-refractivity contribution in [2.24, 2.45) is 11.8 Å². The summed E-state index contributed by atoms with van der Waals surface area (Å²) in [5.41, 5.74) is 1.16. The van der Waals surface area contributed by atoms with Gasteiger partial charge in [0.2, 0.25) is 11.8 Å². The number of hydrogen-bond donors (Lipinski definition) is 2. The first kappa shape index (κ1) is 22.3. The third-order valence-electron chi connectivity index (χ3n) is 4.65. The molecule has 1 aliphatic rings. The topological polar surface area (TPSA) is 98.8 Å². The molecule has 1 aromatic carbocycles. The fourth-order valence-corrected chi connectivity index (χ4v) is 5.33. The van der Waals surface area contributed by atoms with Gasteiger partial charge in [-0.2, -0.15) is 17.0 Å².